The maximum absolute atomic E-state index is 6.20. The number of hydrogen-bond acceptors (Lipinski definition) is 1. The fourth-order valence-electron chi connectivity index (χ4n) is 3.08. The quantitative estimate of drug-likeness (QED) is 0.786. The first-order valence-corrected chi connectivity index (χ1v) is 8.10. The van der Waals surface area contributed by atoms with Gasteiger partial charge in [-0.15, -0.1) is 0 Å². The van der Waals surface area contributed by atoms with Crippen molar-refractivity contribution in [3.05, 3.63) is 34.9 Å². The Hall–Kier alpha value is -0.530. The van der Waals surface area contributed by atoms with E-state index in [0.29, 0.717) is 6.04 Å². The third kappa shape index (κ3) is 5.16. The molecular formula is C17H26ClN. The van der Waals surface area contributed by atoms with Gasteiger partial charge in [-0.05, 0) is 43.9 Å². The lowest BCUT2D eigenvalue weighted by atomic mass is 9.87. The van der Waals surface area contributed by atoms with Crippen molar-refractivity contribution in [3.63, 3.8) is 0 Å². The molecule has 1 aromatic carbocycles. The largest absolute Gasteiger partial charge is 0.314 e. The first kappa shape index (κ1) is 14.9. The molecule has 1 N–H and O–H groups in total. The minimum absolute atomic E-state index is 0.503. The molecule has 1 aliphatic rings. The molecule has 0 radical (unpaired) electrons. The van der Waals surface area contributed by atoms with Gasteiger partial charge in [-0.25, -0.2) is 0 Å². The number of halogens is 1. The van der Waals surface area contributed by atoms with Crippen LogP contribution in [-0.4, -0.2) is 12.6 Å². The van der Waals surface area contributed by atoms with E-state index in [2.05, 4.69) is 24.4 Å². The zero-order valence-electron chi connectivity index (χ0n) is 12.0. The highest BCUT2D eigenvalue weighted by Crippen LogP contribution is 2.25. The van der Waals surface area contributed by atoms with Crippen LogP contribution in [-0.2, 0) is 6.42 Å². The summed E-state index contributed by atoms with van der Waals surface area (Å²) >= 11 is 6.20. The summed E-state index contributed by atoms with van der Waals surface area (Å²) < 4.78 is 0. The Morgan fingerprint density at radius 3 is 2.68 bits per heavy atom. The van der Waals surface area contributed by atoms with Gasteiger partial charge in [0.2, 0.25) is 0 Å². The van der Waals surface area contributed by atoms with Crippen LogP contribution in [0.25, 0.3) is 0 Å². The van der Waals surface area contributed by atoms with Gasteiger partial charge in [0.15, 0.2) is 0 Å². The first-order chi connectivity index (χ1) is 9.25. The first-order valence-electron chi connectivity index (χ1n) is 7.72. The predicted molar refractivity (Wildman–Crippen MR) is 83.8 cm³/mol. The monoisotopic (exact) mass is 279 g/mol. The van der Waals surface area contributed by atoms with E-state index in [4.69, 9.17) is 11.6 Å². The number of nitrogens with one attached hydrogen (secondary N) is 1. The highest BCUT2D eigenvalue weighted by Gasteiger charge is 2.13. The zero-order chi connectivity index (χ0) is 13.5. The molecule has 1 unspecified atom stereocenters. The second-order valence-corrected chi connectivity index (χ2v) is 6.35. The van der Waals surface area contributed by atoms with Gasteiger partial charge in [-0.3, -0.25) is 0 Å². The fourth-order valence-corrected chi connectivity index (χ4v) is 3.29. The third-order valence-corrected chi connectivity index (χ3v) is 4.62. The van der Waals surface area contributed by atoms with Crippen molar-refractivity contribution in [2.45, 2.75) is 57.9 Å². The zero-order valence-corrected chi connectivity index (χ0v) is 12.8. The van der Waals surface area contributed by atoms with E-state index in [1.807, 2.05) is 12.1 Å². The summed E-state index contributed by atoms with van der Waals surface area (Å²) in [5, 5.41) is 4.54. The normalized spacial score (nSPS) is 18.4. The van der Waals surface area contributed by atoms with Crippen molar-refractivity contribution in [2.75, 3.05) is 6.54 Å². The summed E-state index contributed by atoms with van der Waals surface area (Å²) in [6, 6.07) is 8.67. The van der Waals surface area contributed by atoms with E-state index >= 15 is 0 Å². The highest BCUT2D eigenvalue weighted by atomic mass is 35.5. The average molecular weight is 280 g/mol. The van der Waals surface area contributed by atoms with Crippen molar-refractivity contribution < 1.29 is 0 Å². The van der Waals surface area contributed by atoms with Crippen molar-refractivity contribution in [3.8, 4) is 0 Å². The molecule has 0 heterocycles. The molecule has 0 amide bonds. The van der Waals surface area contributed by atoms with Crippen LogP contribution in [0, 0.1) is 5.92 Å². The SMILES string of the molecule is CC(Cc1ccccc1Cl)NCCC1CCCCC1. The average Bonchev–Trinajstić information content (AvgIpc) is 2.43. The molecule has 2 heteroatoms. The lowest BCUT2D eigenvalue weighted by Gasteiger charge is -2.22. The van der Waals surface area contributed by atoms with Gasteiger partial charge in [0.1, 0.15) is 0 Å². The minimum Gasteiger partial charge on any atom is -0.314 e. The van der Waals surface area contributed by atoms with Crippen LogP contribution in [0.4, 0.5) is 0 Å². The summed E-state index contributed by atoms with van der Waals surface area (Å²) in [5.41, 5.74) is 1.25. The lowest BCUT2D eigenvalue weighted by Crippen LogP contribution is -2.30. The van der Waals surface area contributed by atoms with Crippen LogP contribution in [0.5, 0.6) is 0 Å². The Kier molecular flexibility index (Phi) is 6.19. The van der Waals surface area contributed by atoms with Crippen molar-refractivity contribution in [1.29, 1.82) is 0 Å². The van der Waals surface area contributed by atoms with Crippen LogP contribution in [0.1, 0.15) is 51.0 Å². The van der Waals surface area contributed by atoms with Gasteiger partial charge in [0, 0.05) is 11.1 Å². The van der Waals surface area contributed by atoms with Gasteiger partial charge >= 0.3 is 0 Å². The van der Waals surface area contributed by atoms with Gasteiger partial charge in [0.25, 0.3) is 0 Å². The van der Waals surface area contributed by atoms with Crippen LogP contribution >= 0.6 is 11.6 Å². The molecule has 1 nitrogen and oxygen atoms in total. The number of benzene rings is 1. The van der Waals surface area contributed by atoms with Crippen LogP contribution in [0.3, 0.4) is 0 Å². The molecule has 2 rings (SSSR count). The predicted octanol–water partition coefficient (Wildman–Crippen LogP) is 4.83. The molecule has 1 saturated carbocycles. The van der Waals surface area contributed by atoms with Crippen LogP contribution < -0.4 is 5.32 Å². The summed E-state index contributed by atoms with van der Waals surface area (Å²) in [6.07, 6.45) is 9.59. The molecule has 106 valence electrons. The van der Waals surface area contributed by atoms with Gasteiger partial charge in [-0.1, -0.05) is 61.9 Å². The molecule has 19 heavy (non-hydrogen) atoms. The molecule has 0 saturated heterocycles. The van der Waals surface area contributed by atoms with E-state index < -0.39 is 0 Å². The Balaban J connectivity index is 1.67. The molecule has 1 aromatic rings. The number of hydrogen-bond donors (Lipinski definition) is 1. The van der Waals surface area contributed by atoms with E-state index in [0.717, 1.165) is 23.9 Å². The Morgan fingerprint density at radius 1 is 1.21 bits per heavy atom. The molecule has 1 aliphatic carbocycles. The highest BCUT2D eigenvalue weighted by molar-refractivity contribution is 6.31. The maximum atomic E-state index is 6.20. The molecule has 0 spiro atoms. The fraction of sp³-hybridized carbons (Fsp3) is 0.647. The second-order valence-electron chi connectivity index (χ2n) is 5.94. The van der Waals surface area contributed by atoms with Gasteiger partial charge in [-0.2, -0.15) is 0 Å². The molecule has 0 aromatic heterocycles. The lowest BCUT2D eigenvalue weighted by molar-refractivity contribution is 0.329. The Labute approximate surface area is 122 Å². The van der Waals surface area contributed by atoms with E-state index in [-0.39, 0.29) is 0 Å². The molecule has 0 bridgehead atoms. The summed E-state index contributed by atoms with van der Waals surface area (Å²) in [5.74, 6) is 0.966. The van der Waals surface area contributed by atoms with Gasteiger partial charge in [0.05, 0.1) is 0 Å². The van der Waals surface area contributed by atoms with Gasteiger partial charge < -0.3 is 5.32 Å². The standard InChI is InChI=1S/C17H26ClN/c1-14(13-16-9-5-6-10-17(16)18)19-12-11-15-7-3-2-4-8-15/h5-6,9-10,14-15,19H,2-4,7-8,11-13H2,1H3. The summed E-state index contributed by atoms with van der Waals surface area (Å²) in [6.45, 7) is 3.40. The second kappa shape index (κ2) is 7.91. The Bertz CT molecular complexity index is 371. The topological polar surface area (TPSA) is 12.0 Å². The molecule has 1 atom stereocenters. The molecule has 1 fully saturated rings. The van der Waals surface area contributed by atoms with Crippen molar-refractivity contribution >= 4 is 11.6 Å². The third-order valence-electron chi connectivity index (χ3n) is 4.25. The molecular weight excluding hydrogens is 254 g/mol. The summed E-state index contributed by atoms with van der Waals surface area (Å²) in [4.78, 5) is 0. The van der Waals surface area contributed by atoms with E-state index in [9.17, 15) is 0 Å². The maximum Gasteiger partial charge on any atom is 0.0438 e. The van der Waals surface area contributed by atoms with E-state index in [1.165, 1.54) is 44.1 Å². The molecule has 0 aliphatic heterocycles. The summed E-state index contributed by atoms with van der Waals surface area (Å²) in [7, 11) is 0. The number of rotatable bonds is 6. The van der Waals surface area contributed by atoms with Crippen molar-refractivity contribution in [1.82, 2.24) is 5.32 Å². The van der Waals surface area contributed by atoms with E-state index in [1.54, 1.807) is 0 Å². The van der Waals surface area contributed by atoms with Crippen LogP contribution in [0.2, 0.25) is 5.02 Å². The Morgan fingerprint density at radius 2 is 1.95 bits per heavy atom. The minimum atomic E-state index is 0.503. The smallest absolute Gasteiger partial charge is 0.0438 e. The van der Waals surface area contributed by atoms with Crippen LogP contribution in [0.15, 0.2) is 24.3 Å². The van der Waals surface area contributed by atoms with Crippen molar-refractivity contribution in [2.24, 2.45) is 5.92 Å².